The molecule has 0 aliphatic carbocycles. The fraction of sp³-hybridized carbons (Fsp3) is 0.444. The molecule has 1 aromatic rings. The van der Waals surface area contributed by atoms with Crippen molar-refractivity contribution in [2.45, 2.75) is 17.4 Å². The summed E-state index contributed by atoms with van der Waals surface area (Å²) in [5, 5.41) is 8.64. The van der Waals surface area contributed by atoms with Gasteiger partial charge in [0, 0.05) is 13.7 Å². The maximum absolute atomic E-state index is 12.0. The molecular formula is C9H11Br2NO5S2. The van der Waals surface area contributed by atoms with Crippen molar-refractivity contribution in [1.82, 2.24) is 4.72 Å². The van der Waals surface area contributed by atoms with Crippen LogP contribution in [0.2, 0.25) is 0 Å². The maximum Gasteiger partial charge on any atom is 0.306 e. The third kappa shape index (κ3) is 5.12. The van der Waals surface area contributed by atoms with Crippen molar-refractivity contribution in [3.63, 3.8) is 0 Å². The Bertz CT molecular complexity index is 557. The van der Waals surface area contributed by atoms with Crippen LogP contribution >= 0.6 is 43.2 Å². The van der Waals surface area contributed by atoms with Crippen LogP contribution < -0.4 is 4.72 Å². The van der Waals surface area contributed by atoms with E-state index in [4.69, 9.17) is 9.84 Å². The number of halogens is 2. The summed E-state index contributed by atoms with van der Waals surface area (Å²) >= 11 is 7.59. The van der Waals surface area contributed by atoms with Gasteiger partial charge in [-0.1, -0.05) is 0 Å². The Morgan fingerprint density at radius 2 is 2.21 bits per heavy atom. The van der Waals surface area contributed by atoms with Crippen molar-refractivity contribution in [1.29, 1.82) is 0 Å². The predicted molar refractivity (Wildman–Crippen MR) is 78.0 cm³/mol. The molecule has 19 heavy (non-hydrogen) atoms. The summed E-state index contributed by atoms with van der Waals surface area (Å²) in [6, 6.07) is 1.47. The first-order valence-electron chi connectivity index (χ1n) is 4.95. The van der Waals surface area contributed by atoms with E-state index in [0.717, 1.165) is 0 Å². The molecule has 2 N–H and O–H groups in total. The first-order valence-corrected chi connectivity index (χ1v) is 8.84. The van der Waals surface area contributed by atoms with Gasteiger partial charge in [0.15, 0.2) is 0 Å². The van der Waals surface area contributed by atoms with Gasteiger partial charge < -0.3 is 9.84 Å². The number of methoxy groups -OCH3 is 1. The van der Waals surface area contributed by atoms with Crippen LogP contribution in [-0.2, 0) is 19.6 Å². The minimum Gasteiger partial charge on any atom is -0.481 e. The number of carbonyl (C=O) groups is 1. The van der Waals surface area contributed by atoms with E-state index in [1.807, 2.05) is 0 Å². The van der Waals surface area contributed by atoms with Crippen molar-refractivity contribution >= 4 is 59.2 Å². The first-order chi connectivity index (χ1) is 8.76. The van der Waals surface area contributed by atoms with Crippen LogP contribution in [0.4, 0.5) is 0 Å². The summed E-state index contributed by atoms with van der Waals surface area (Å²) in [7, 11) is -2.37. The van der Waals surface area contributed by atoms with E-state index in [1.54, 1.807) is 0 Å². The Kier molecular flexibility index (Phi) is 6.40. The molecular weight excluding hydrogens is 426 g/mol. The number of carboxylic acid groups (broad SMARTS) is 1. The van der Waals surface area contributed by atoms with E-state index in [2.05, 4.69) is 36.6 Å². The number of hydrogen-bond acceptors (Lipinski definition) is 5. The zero-order chi connectivity index (χ0) is 14.6. The predicted octanol–water partition coefficient (Wildman–Crippen LogP) is 2.04. The standard InChI is InChI=1S/C9H11Br2NO5S2/c1-17-5(2-8(13)14)4-12-19(15,16)6-3-7(10)18-9(6)11/h3,5,12H,2,4H2,1H3,(H,13,14). The van der Waals surface area contributed by atoms with Gasteiger partial charge in [-0.25, -0.2) is 13.1 Å². The van der Waals surface area contributed by atoms with Crippen LogP contribution in [0.3, 0.4) is 0 Å². The molecule has 0 aromatic carbocycles. The Balaban J connectivity index is 2.75. The van der Waals surface area contributed by atoms with Gasteiger partial charge in [-0.2, -0.15) is 0 Å². The lowest BCUT2D eigenvalue weighted by molar-refractivity contribution is -0.139. The highest BCUT2D eigenvalue weighted by Crippen LogP contribution is 2.34. The number of rotatable bonds is 7. The Hall–Kier alpha value is -0.000000000000000111. The van der Waals surface area contributed by atoms with Crippen molar-refractivity contribution in [3.05, 3.63) is 13.6 Å². The van der Waals surface area contributed by atoms with E-state index in [-0.39, 0.29) is 17.9 Å². The number of aliphatic carboxylic acids is 1. The molecule has 10 heteroatoms. The van der Waals surface area contributed by atoms with Gasteiger partial charge in [0.05, 0.1) is 20.1 Å². The maximum atomic E-state index is 12.0. The summed E-state index contributed by atoms with van der Waals surface area (Å²) < 4.78 is 32.4. The topological polar surface area (TPSA) is 92.7 Å². The van der Waals surface area contributed by atoms with Crippen LogP contribution in [-0.4, -0.2) is 39.3 Å². The molecule has 0 radical (unpaired) electrons. The molecule has 1 rings (SSSR count). The van der Waals surface area contributed by atoms with Gasteiger partial charge in [-0.05, 0) is 37.9 Å². The zero-order valence-electron chi connectivity index (χ0n) is 9.72. The molecule has 1 atom stereocenters. The van der Waals surface area contributed by atoms with E-state index >= 15 is 0 Å². The average molecular weight is 437 g/mol. The van der Waals surface area contributed by atoms with Crippen LogP contribution in [0.25, 0.3) is 0 Å². The normalized spacial score (nSPS) is 13.4. The smallest absolute Gasteiger partial charge is 0.306 e. The molecule has 0 spiro atoms. The third-order valence-electron chi connectivity index (χ3n) is 2.15. The van der Waals surface area contributed by atoms with Gasteiger partial charge in [0.1, 0.15) is 4.90 Å². The molecule has 0 fully saturated rings. The molecule has 1 unspecified atom stereocenters. The average Bonchev–Trinajstić information content (AvgIpc) is 2.64. The van der Waals surface area contributed by atoms with Crippen molar-refractivity contribution in [2.24, 2.45) is 0 Å². The molecule has 108 valence electrons. The molecule has 0 bridgehead atoms. The number of carboxylic acids is 1. The number of sulfonamides is 1. The van der Waals surface area contributed by atoms with E-state index in [1.165, 1.54) is 24.5 Å². The highest BCUT2D eigenvalue weighted by atomic mass is 79.9. The van der Waals surface area contributed by atoms with Crippen molar-refractivity contribution < 1.29 is 23.1 Å². The van der Waals surface area contributed by atoms with Crippen LogP contribution in [0, 0.1) is 0 Å². The second kappa shape index (κ2) is 7.14. The Morgan fingerprint density at radius 1 is 1.58 bits per heavy atom. The van der Waals surface area contributed by atoms with E-state index < -0.39 is 22.1 Å². The minimum atomic E-state index is -3.70. The zero-order valence-corrected chi connectivity index (χ0v) is 14.5. The lowest BCUT2D eigenvalue weighted by atomic mass is 10.2. The monoisotopic (exact) mass is 435 g/mol. The Labute approximate surface area is 131 Å². The molecule has 0 saturated carbocycles. The first kappa shape index (κ1) is 17.1. The summed E-state index contributed by atoms with van der Waals surface area (Å²) in [4.78, 5) is 10.7. The summed E-state index contributed by atoms with van der Waals surface area (Å²) in [5.41, 5.74) is 0. The molecule has 1 aromatic heterocycles. The van der Waals surface area contributed by atoms with Gasteiger partial charge >= 0.3 is 5.97 Å². The SMILES string of the molecule is COC(CNS(=O)(=O)c1cc(Br)sc1Br)CC(=O)O. The molecule has 0 aliphatic heterocycles. The van der Waals surface area contributed by atoms with Crippen LogP contribution in [0.5, 0.6) is 0 Å². The summed E-state index contributed by atoms with van der Waals surface area (Å²) in [6.07, 6.45) is -0.985. The van der Waals surface area contributed by atoms with E-state index in [0.29, 0.717) is 7.57 Å². The second-order valence-corrected chi connectivity index (χ2v) is 8.98. The van der Waals surface area contributed by atoms with Crippen molar-refractivity contribution in [2.75, 3.05) is 13.7 Å². The molecule has 0 amide bonds. The molecule has 0 aliphatic rings. The third-order valence-corrected chi connectivity index (χ3v) is 6.33. The minimum absolute atomic E-state index is 0.106. The number of ether oxygens (including phenoxy) is 1. The van der Waals surface area contributed by atoms with Gasteiger partial charge in [-0.3, -0.25) is 4.79 Å². The van der Waals surface area contributed by atoms with Crippen molar-refractivity contribution in [3.8, 4) is 0 Å². The molecule has 6 nitrogen and oxygen atoms in total. The molecule has 0 saturated heterocycles. The summed E-state index contributed by atoms with van der Waals surface area (Å²) in [5.74, 6) is -1.05. The fourth-order valence-corrected chi connectivity index (χ4v) is 6.10. The number of hydrogen-bond donors (Lipinski definition) is 2. The largest absolute Gasteiger partial charge is 0.481 e. The van der Waals surface area contributed by atoms with Crippen LogP contribution in [0.1, 0.15) is 6.42 Å². The summed E-state index contributed by atoms with van der Waals surface area (Å²) in [6.45, 7) is -0.106. The van der Waals surface area contributed by atoms with Crippen LogP contribution in [0.15, 0.2) is 18.5 Å². The van der Waals surface area contributed by atoms with Gasteiger partial charge in [0.2, 0.25) is 10.0 Å². The number of nitrogens with one attached hydrogen (secondary N) is 1. The quantitative estimate of drug-likeness (QED) is 0.682. The molecule has 1 heterocycles. The highest BCUT2D eigenvalue weighted by Gasteiger charge is 2.22. The van der Waals surface area contributed by atoms with E-state index in [9.17, 15) is 13.2 Å². The fourth-order valence-electron chi connectivity index (χ4n) is 1.22. The Morgan fingerprint density at radius 3 is 2.63 bits per heavy atom. The van der Waals surface area contributed by atoms with Gasteiger partial charge in [0.25, 0.3) is 0 Å². The lowest BCUT2D eigenvalue weighted by Gasteiger charge is -2.13. The second-order valence-electron chi connectivity index (χ2n) is 3.50. The lowest BCUT2D eigenvalue weighted by Crippen LogP contribution is -2.34. The highest BCUT2D eigenvalue weighted by molar-refractivity contribution is 9.12. The number of thiophene rings is 1. The van der Waals surface area contributed by atoms with Gasteiger partial charge in [-0.15, -0.1) is 11.3 Å².